The molecule has 0 aliphatic carbocycles. The van der Waals surface area contributed by atoms with Crippen LogP contribution in [0.5, 0.6) is 5.75 Å². The van der Waals surface area contributed by atoms with Crippen LogP contribution in [-0.4, -0.2) is 25.3 Å². The number of nitrogens with zero attached hydrogens (tertiary/aromatic N) is 2. The minimum Gasteiger partial charge on any atom is -0.495 e. The van der Waals surface area contributed by atoms with E-state index >= 15 is 0 Å². The molecular weight excluding hydrogens is 505 g/mol. The second-order valence-electron chi connectivity index (χ2n) is 6.98. The van der Waals surface area contributed by atoms with E-state index in [2.05, 4.69) is 25.8 Å². The van der Waals surface area contributed by atoms with Gasteiger partial charge in [-0.1, -0.05) is 5.16 Å². The van der Waals surface area contributed by atoms with Crippen LogP contribution in [0.1, 0.15) is 11.3 Å². The zero-order valence-electron chi connectivity index (χ0n) is 17.1. The topological polar surface area (TPSA) is 103 Å². The van der Waals surface area contributed by atoms with Crippen molar-refractivity contribution in [2.24, 2.45) is 0 Å². The fraction of sp³-hybridized carbons (Fsp3) is 0.143. The first kappa shape index (κ1) is 22.0. The largest absolute Gasteiger partial charge is 0.495 e. The van der Waals surface area contributed by atoms with Crippen LogP contribution in [-0.2, 0) is 10.0 Å². The molecule has 0 unspecified atom stereocenters. The van der Waals surface area contributed by atoms with E-state index in [-0.39, 0.29) is 26.6 Å². The lowest BCUT2D eigenvalue weighted by atomic mass is 10.2. The Bertz CT molecular complexity index is 1530. The lowest BCUT2D eigenvalue weighted by Crippen LogP contribution is -2.19. The maximum atomic E-state index is 14.3. The third-order valence-electron chi connectivity index (χ3n) is 5.03. The van der Waals surface area contributed by atoms with Gasteiger partial charge in [0, 0.05) is 23.1 Å². The SMILES string of the molecule is COc1cc(Br)c(F)cc1-n1c(=O)ccc2cc(S(=O)(=O)Nc3noc(C)c3C)ccc21. The lowest BCUT2D eigenvalue weighted by Gasteiger charge is -2.15. The third-order valence-corrected chi connectivity index (χ3v) is 6.97. The van der Waals surface area contributed by atoms with Gasteiger partial charge in [-0.2, -0.15) is 0 Å². The van der Waals surface area contributed by atoms with Crippen molar-refractivity contribution in [2.45, 2.75) is 18.7 Å². The van der Waals surface area contributed by atoms with Gasteiger partial charge in [-0.3, -0.25) is 14.1 Å². The lowest BCUT2D eigenvalue weighted by molar-refractivity contribution is 0.399. The molecule has 4 rings (SSSR count). The molecule has 32 heavy (non-hydrogen) atoms. The number of hydrogen-bond donors (Lipinski definition) is 1. The highest BCUT2D eigenvalue weighted by molar-refractivity contribution is 9.10. The number of fused-ring (bicyclic) bond motifs is 1. The van der Waals surface area contributed by atoms with E-state index < -0.39 is 21.4 Å². The maximum absolute atomic E-state index is 14.3. The first-order chi connectivity index (χ1) is 15.1. The Morgan fingerprint density at radius 3 is 2.56 bits per heavy atom. The number of rotatable bonds is 5. The van der Waals surface area contributed by atoms with Crippen molar-refractivity contribution in [3.63, 3.8) is 0 Å². The summed E-state index contributed by atoms with van der Waals surface area (Å²) in [4.78, 5) is 12.6. The third kappa shape index (κ3) is 3.78. The number of anilines is 1. The number of nitrogens with one attached hydrogen (secondary N) is 1. The summed E-state index contributed by atoms with van der Waals surface area (Å²) < 4.78 is 54.2. The number of methoxy groups -OCH3 is 1. The van der Waals surface area contributed by atoms with Crippen molar-refractivity contribution in [1.29, 1.82) is 0 Å². The highest BCUT2D eigenvalue weighted by Crippen LogP contribution is 2.31. The molecule has 0 bridgehead atoms. The maximum Gasteiger partial charge on any atom is 0.263 e. The molecule has 0 radical (unpaired) electrons. The van der Waals surface area contributed by atoms with Gasteiger partial charge >= 0.3 is 0 Å². The van der Waals surface area contributed by atoms with Gasteiger partial charge in [-0.25, -0.2) is 12.8 Å². The summed E-state index contributed by atoms with van der Waals surface area (Å²) >= 11 is 3.10. The van der Waals surface area contributed by atoms with Crippen molar-refractivity contribution in [1.82, 2.24) is 9.72 Å². The normalized spacial score (nSPS) is 11.7. The van der Waals surface area contributed by atoms with Crippen molar-refractivity contribution >= 4 is 42.7 Å². The summed E-state index contributed by atoms with van der Waals surface area (Å²) in [7, 11) is -2.57. The second kappa shape index (κ2) is 8.06. The van der Waals surface area contributed by atoms with Crippen LogP contribution >= 0.6 is 15.9 Å². The van der Waals surface area contributed by atoms with E-state index in [4.69, 9.17) is 9.26 Å². The van der Waals surface area contributed by atoms with Gasteiger partial charge in [0.25, 0.3) is 15.6 Å². The summed E-state index contributed by atoms with van der Waals surface area (Å²) in [5.74, 6) is 0.290. The van der Waals surface area contributed by atoms with Gasteiger partial charge in [-0.05, 0) is 60.1 Å². The molecule has 2 aromatic heterocycles. The van der Waals surface area contributed by atoms with E-state index in [0.717, 1.165) is 0 Å². The van der Waals surface area contributed by atoms with Gasteiger partial charge in [0.2, 0.25) is 0 Å². The minimum atomic E-state index is -3.98. The van der Waals surface area contributed by atoms with E-state index in [9.17, 15) is 17.6 Å². The van der Waals surface area contributed by atoms with Crippen molar-refractivity contribution < 1.29 is 22.1 Å². The molecule has 0 saturated heterocycles. The van der Waals surface area contributed by atoms with Crippen LogP contribution in [0.4, 0.5) is 10.2 Å². The summed E-state index contributed by atoms with van der Waals surface area (Å²) in [5, 5.41) is 4.17. The van der Waals surface area contributed by atoms with Crippen molar-refractivity contribution in [2.75, 3.05) is 11.8 Å². The number of benzene rings is 2. The first-order valence-corrected chi connectivity index (χ1v) is 11.5. The van der Waals surface area contributed by atoms with Crippen molar-refractivity contribution in [3.05, 3.63) is 74.4 Å². The number of hydrogen-bond acceptors (Lipinski definition) is 6. The fourth-order valence-corrected chi connectivity index (χ4v) is 4.61. The molecule has 166 valence electrons. The zero-order chi connectivity index (χ0) is 23.2. The Morgan fingerprint density at radius 2 is 1.91 bits per heavy atom. The van der Waals surface area contributed by atoms with Gasteiger partial charge < -0.3 is 9.26 Å². The average Bonchev–Trinajstić information content (AvgIpc) is 3.06. The zero-order valence-corrected chi connectivity index (χ0v) is 19.5. The molecule has 8 nitrogen and oxygen atoms in total. The van der Waals surface area contributed by atoms with Crippen LogP contribution in [0, 0.1) is 19.7 Å². The van der Waals surface area contributed by atoms with Crippen LogP contribution in [0.3, 0.4) is 0 Å². The Balaban J connectivity index is 1.86. The van der Waals surface area contributed by atoms with Crippen molar-refractivity contribution in [3.8, 4) is 11.4 Å². The minimum absolute atomic E-state index is 0.0378. The number of aryl methyl sites for hydroxylation is 1. The molecule has 0 aliphatic rings. The summed E-state index contributed by atoms with van der Waals surface area (Å²) in [5.41, 5.74) is 0.712. The molecule has 0 fully saturated rings. The molecule has 2 heterocycles. The highest BCUT2D eigenvalue weighted by atomic mass is 79.9. The average molecular weight is 522 g/mol. The smallest absolute Gasteiger partial charge is 0.263 e. The molecule has 4 aromatic rings. The Kier molecular flexibility index (Phi) is 5.55. The van der Waals surface area contributed by atoms with Gasteiger partial charge in [0.15, 0.2) is 5.82 Å². The van der Waals surface area contributed by atoms with E-state index in [1.807, 2.05) is 0 Å². The van der Waals surface area contributed by atoms with Crippen LogP contribution in [0.15, 0.2) is 61.2 Å². The Hall–Kier alpha value is -3.18. The predicted molar refractivity (Wildman–Crippen MR) is 121 cm³/mol. The monoisotopic (exact) mass is 521 g/mol. The number of aromatic nitrogens is 2. The summed E-state index contributed by atoms with van der Waals surface area (Å²) in [6.45, 7) is 3.36. The number of halogens is 2. The number of ether oxygens (including phenoxy) is 1. The second-order valence-corrected chi connectivity index (χ2v) is 9.52. The first-order valence-electron chi connectivity index (χ1n) is 9.27. The summed E-state index contributed by atoms with van der Waals surface area (Å²) in [6.07, 6.45) is 0. The molecule has 0 amide bonds. The fourth-order valence-electron chi connectivity index (χ4n) is 3.20. The molecule has 1 N–H and O–H groups in total. The molecule has 2 aromatic carbocycles. The van der Waals surface area contributed by atoms with E-state index in [1.54, 1.807) is 13.8 Å². The van der Waals surface area contributed by atoms with Gasteiger partial charge in [0.05, 0.1) is 27.7 Å². The molecule has 0 saturated carbocycles. The summed E-state index contributed by atoms with van der Waals surface area (Å²) in [6, 6.07) is 9.61. The molecular formula is C21H17BrFN3O5S. The molecule has 11 heteroatoms. The predicted octanol–water partition coefficient (Wildman–Crippen LogP) is 4.31. The highest BCUT2D eigenvalue weighted by Gasteiger charge is 2.21. The number of sulfonamides is 1. The van der Waals surface area contributed by atoms with E-state index in [0.29, 0.717) is 22.2 Å². The Labute approximate surface area is 190 Å². The van der Waals surface area contributed by atoms with Gasteiger partial charge in [0.1, 0.15) is 17.3 Å². The van der Waals surface area contributed by atoms with Crippen LogP contribution in [0.2, 0.25) is 0 Å². The quantitative estimate of drug-likeness (QED) is 0.419. The standard InChI is InChI=1S/C21H17BrFN3O5S/c1-11-12(2)31-24-21(11)25-32(28,29)14-5-6-17-13(8-14)4-7-20(27)26(17)18-10-16(23)15(22)9-19(18)30-3/h4-10H,1-3H3,(H,24,25). The molecule has 0 aliphatic heterocycles. The molecule has 0 spiro atoms. The van der Waals surface area contributed by atoms with Gasteiger partial charge in [-0.15, -0.1) is 0 Å². The van der Waals surface area contributed by atoms with Crippen LogP contribution in [0.25, 0.3) is 16.6 Å². The number of pyridine rings is 1. The van der Waals surface area contributed by atoms with Crippen LogP contribution < -0.4 is 15.0 Å². The Morgan fingerprint density at radius 1 is 1.16 bits per heavy atom. The van der Waals surface area contributed by atoms with E-state index in [1.165, 1.54) is 54.1 Å². The molecule has 0 atom stereocenters.